The Bertz CT molecular complexity index is 1030. The van der Waals surface area contributed by atoms with Gasteiger partial charge in [0, 0.05) is 16.4 Å². The van der Waals surface area contributed by atoms with Crippen LogP contribution in [0.5, 0.6) is 0 Å². The summed E-state index contributed by atoms with van der Waals surface area (Å²) in [5.74, 6) is 1.82. The van der Waals surface area contributed by atoms with Gasteiger partial charge in [-0.1, -0.05) is 52.0 Å². The number of rotatable bonds is 6. The predicted molar refractivity (Wildman–Crippen MR) is 116 cm³/mol. The summed E-state index contributed by atoms with van der Waals surface area (Å²) in [6.45, 7) is 9.63. The van der Waals surface area contributed by atoms with Crippen LogP contribution in [0.2, 0.25) is 0 Å². The average molecular weight is 397 g/mol. The zero-order valence-electron chi connectivity index (χ0n) is 17.2. The molecule has 28 heavy (non-hydrogen) atoms. The highest BCUT2D eigenvalue weighted by molar-refractivity contribution is 7.18. The Kier molecular flexibility index (Phi) is 5.39. The van der Waals surface area contributed by atoms with Gasteiger partial charge in [-0.2, -0.15) is 0 Å². The monoisotopic (exact) mass is 396 g/mol. The predicted octanol–water partition coefficient (Wildman–Crippen LogP) is 4.06. The van der Waals surface area contributed by atoms with E-state index in [2.05, 4.69) is 62.3 Å². The maximum absolute atomic E-state index is 12.7. The summed E-state index contributed by atoms with van der Waals surface area (Å²) in [4.78, 5) is 22.8. The van der Waals surface area contributed by atoms with Crippen molar-refractivity contribution in [2.75, 3.05) is 0 Å². The van der Waals surface area contributed by atoms with Crippen molar-refractivity contribution in [2.24, 2.45) is 5.92 Å². The van der Waals surface area contributed by atoms with Gasteiger partial charge in [0.05, 0.1) is 5.39 Å². The Morgan fingerprint density at radius 3 is 2.50 bits per heavy atom. The van der Waals surface area contributed by atoms with Crippen molar-refractivity contribution in [2.45, 2.75) is 65.5 Å². The van der Waals surface area contributed by atoms with E-state index in [0.29, 0.717) is 24.4 Å². The van der Waals surface area contributed by atoms with Gasteiger partial charge in [-0.3, -0.25) is 4.79 Å². The number of aromatic nitrogens is 2. The van der Waals surface area contributed by atoms with E-state index in [-0.39, 0.29) is 5.56 Å². The number of aromatic amines is 1. The number of benzene rings is 1. The minimum Gasteiger partial charge on any atom is -0.334 e. The first-order valence-electron chi connectivity index (χ1n) is 10.4. The molecule has 0 saturated carbocycles. The Balaban J connectivity index is 1.55. The number of H-pyrrole nitrogens is 1. The van der Waals surface area contributed by atoms with Crippen molar-refractivity contribution < 1.29 is 5.32 Å². The first-order valence-corrected chi connectivity index (χ1v) is 11.2. The van der Waals surface area contributed by atoms with Crippen LogP contribution in [0.1, 0.15) is 73.5 Å². The molecule has 1 aliphatic rings. The van der Waals surface area contributed by atoms with Crippen LogP contribution >= 0.6 is 11.3 Å². The van der Waals surface area contributed by atoms with Gasteiger partial charge in [-0.15, -0.1) is 11.3 Å². The minimum absolute atomic E-state index is 0.0372. The Labute approximate surface area is 170 Å². The van der Waals surface area contributed by atoms with Crippen molar-refractivity contribution in [1.29, 1.82) is 0 Å². The number of hydrogen-bond donors (Lipinski definition) is 2. The van der Waals surface area contributed by atoms with E-state index in [1.807, 2.05) is 0 Å². The molecule has 4 rings (SSSR count). The summed E-state index contributed by atoms with van der Waals surface area (Å²) < 4.78 is 0. The lowest BCUT2D eigenvalue weighted by Gasteiger charge is -2.20. The molecule has 0 aliphatic heterocycles. The molecule has 2 aromatic heterocycles. The zero-order valence-corrected chi connectivity index (χ0v) is 18.0. The molecule has 0 fully saturated rings. The third-order valence-electron chi connectivity index (χ3n) is 5.90. The molecular weight excluding hydrogens is 366 g/mol. The van der Waals surface area contributed by atoms with Crippen molar-refractivity contribution in [3.63, 3.8) is 0 Å². The third-order valence-corrected chi connectivity index (χ3v) is 7.08. The van der Waals surface area contributed by atoms with E-state index >= 15 is 0 Å². The maximum Gasteiger partial charge on any atom is 0.260 e. The number of thiophene rings is 1. The number of nitrogens with one attached hydrogen (secondary N) is 1. The van der Waals surface area contributed by atoms with Gasteiger partial charge < -0.3 is 10.3 Å². The topological polar surface area (TPSA) is 62.4 Å². The molecule has 0 unspecified atom stereocenters. The summed E-state index contributed by atoms with van der Waals surface area (Å²) in [6, 6.07) is 9.32. The fourth-order valence-corrected chi connectivity index (χ4v) is 5.56. The Morgan fingerprint density at radius 2 is 1.82 bits per heavy atom. The highest BCUT2D eigenvalue weighted by atomic mass is 32.1. The number of fused-ring (bicyclic) bond motifs is 3. The lowest BCUT2D eigenvalue weighted by Crippen LogP contribution is -2.85. The fraction of sp³-hybridized carbons (Fsp3) is 0.478. The van der Waals surface area contributed by atoms with Crippen LogP contribution in [-0.2, 0) is 19.4 Å². The quantitative estimate of drug-likeness (QED) is 0.660. The normalized spacial score (nSPS) is 14.9. The molecule has 0 spiro atoms. The second-order valence-corrected chi connectivity index (χ2v) is 9.66. The second-order valence-electron chi connectivity index (χ2n) is 8.58. The van der Waals surface area contributed by atoms with Gasteiger partial charge in [0.2, 0.25) is 0 Å². The van der Waals surface area contributed by atoms with E-state index in [1.165, 1.54) is 21.6 Å². The van der Waals surface area contributed by atoms with Crippen molar-refractivity contribution >= 4 is 21.6 Å². The summed E-state index contributed by atoms with van der Waals surface area (Å²) in [6.07, 6.45) is 3.28. The first-order chi connectivity index (χ1) is 13.4. The van der Waals surface area contributed by atoms with Crippen LogP contribution in [0.4, 0.5) is 0 Å². The molecule has 1 aliphatic carbocycles. The standard InChI is InChI=1S/C23H29N3OS/c1-13(2)15-8-10-16(11-9-15)21(14(3)4)24-12-19-25-22(27)20-17-6-5-7-18(17)28-23(20)26-19/h8-11,13-14,21,24H,5-7,12H2,1-4H3,(H,25,26,27)/p+1/t21-/m0/s1. The van der Waals surface area contributed by atoms with Crippen LogP contribution in [0, 0.1) is 5.92 Å². The van der Waals surface area contributed by atoms with Gasteiger partial charge in [0.25, 0.3) is 5.56 Å². The van der Waals surface area contributed by atoms with E-state index in [9.17, 15) is 4.79 Å². The molecule has 0 bridgehead atoms. The number of nitrogens with zero attached hydrogens (tertiary/aromatic N) is 1. The summed E-state index contributed by atoms with van der Waals surface area (Å²) in [5.41, 5.74) is 3.98. The molecular formula is C23H30N3OS+. The molecule has 4 nitrogen and oxygen atoms in total. The van der Waals surface area contributed by atoms with Crippen LogP contribution in [0.15, 0.2) is 29.1 Å². The SMILES string of the molecule is CC(C)c1ccc([C@@H]([NH2+]Cc2nc3sc4c(c3c(=O)[nH]2)CCC4)C(C)C)cc1. The molecule has 0 radical (unpaired) electrons. The number of nitrogens with two attached hydrogens (primary N) is 1. The van der Waals surface area contributed by atoms with E-state index in [0.717, 1.165) is 35.3 Å². The van der Waals surface area contributed by atoms with Crippen molar-refractivity contribution in [3.05, 3.63) is 62.0 Å². The van der Waals surface area contributed by atoms with Crippen LogP contribution in [0.25, 0.3) is 10.2 Å². The second kappa shape index (κ2) is 7.80. The van der Waals surface area contributed by atoms with Gasteiger partial charge >= 0.3 is 0 Å². The van der Waals surface area contributed by atoms with E-state index in [1.54, 1.807) is 11.3 Å². The summed E-state index contributed by atoms with van der Waals surface area (Å²) in [7, 11) is 0. The zero-order chi connectivity index (χ0) is 19.8. The fourth-order valence-electron chi connectivity index (χ4n) is 4.28. The van der Waals surface area contributed by atoms with Gasteiger partial charge in [-0.25, -0.2) is 4.98 Å². The maximum atomic E-state index is 12.7. The Hall–Kier alpha value is -1.98. The molecule has 2 heterocycles. The van der Waals surface area contributed by atoms with Gasteiger partial charge in [-0.05, 0) is 36.3 Å². The van der Waals surface area contributed by atoms with Gasteiger partial charge in [0.1, 0.15) is 17.4 Å². The Morgan fingerprint density at radius 1 is 1.11 bits per heavy atom. The first kappa shape index (κ1) is 19.3. The highest BCUT2D eigenvalue weighted by Crippen LogP contribution is 2.34. The number of aryl methyl sites for hydroxylation is 2. The summed E-state index contributed by atoms with van der Waals surface area (Å²) >= 11 is 1.71. The smallest absolute Gasteiger partial charge is 0.260 e. The molecule has 3 N–H and O–H groups in total. The minimum atomic E-state index is 0.0372. The molecule has 5 heteroatoms. The number of hydrogen-bond acceptors (Lipinski definition) is 3. The van der Waals surface area contributed by atoms with Crippen LogP contribution < -0.4 is 10.9 Å². The summed E-state index contributed by atoms with van der Waals surface area (Å²) in [5, 5.41) is 3.14. The number of quaternary nitrogens is 1. The molecule has 148 valence electrons. The van der Waals surface area contributed by atoms with Gasteiger partial charge in [0.15, 0.2) is 5.82 Å². The third kappa shape index (κ3) is 3.65. The van der Waals surface area contributed by atoms with E-state index < -0.39 is 0 Å². The lowest BCUT2D eigenvalue weighted by molar-refractivity contribution is -0.718. The molecule has 1 aromatic carbocycles. The largest absolute Gasteiger partial charge is 0.334 e. The molecule has 0 saturated heterocycles. The van der Waals surface area contributed by atoms with Crippen molar-refractivity contribution in [3.8, 4) is 0 Å². The van der Waals surface area contributed by atoms with Crippen molar-refractivity contribution in [1.82, 2.24) is 9.97 Å². The van der Waals surface area contributed by atoms with E-state index in [4.69, 9.17) is 4.98 Å². The van der Waals surface area contributed by atoms with Crippen LogP contribution in [-0.4, -0.2) is 9.97 Å². The van der Waals surface area contributed by atoms with Crippen LogP contribution in [0.3, 0.4) is 0 Å². The lowest BCUT2D eigenvalue weighted by atomic mass is 9.93. The highest BCUT2D eigenvalue weighted by Gasteiger charge is 2.23. The average Bonchev–Trinajstić information content (AvgIpc) is 3.22. The molecule has 3 aromatic rings. The molecule has 1 atom stereocenters. The molecule has 0 amide bonds.